The lowest BCUT2D eigenvalue weighted by Crippen LogP contribution is -2.42. The van der Waals surface area contributed by atoms with Crippen molar-refractivity contribution in [1.29, 1.82) is 0 Å². The molecule has 142 valence electrons. The van der Waals surface area contributed by atoms with Gasteiger partial charge in [-0.05, 0) is 11.6 Å². The van der Waals surface area contributed by atoms with Gasteiger partial charge >= 0.3 is 6.03 Å². The summed E-state index contributed by atoms with van der Waals surface area (Å²) in [4.78, 5) is 33.8. The van der Waals surface area contributed by atoms with Crippen molar-refractivity contribution in [2.24, 2.45) is 0 Å². The maximum absolute atomic E-state index is 11.7. The Morgan fingerprint density at radius 3 is 2.33 bits per heavy atom. The summed E-state index contributed by atoms with van der Waals surface area (Å²) >= 11 is 0. The smallest absolute Gasteiger partial charge is 0.315 e. The Hall–Kier alpha value is -3.62. The summed E-state index contributed by atoms with van der Waals surface area (Å²) in [6, 6.07) is 15.2. The van der Waals surface area contributed by atoms with Crippen LogP contribution >= 0.6 is 0 Å². The van der Waals surface area contributed by atoms with Crippen LogP contribution in [0.4, 0.5) is 16.2 Å². The summed E-state index contributed by atoms with van der Waals surface area (Å²) in [5.41, 5.74) is 1.31. The molecule has 2 rings (SSSR count). The zero-order valence-corrected chi connectivity index (χ0v) is 14.6. The van der Waals surface area contributed by atoms with Gasteiger partial charge in [-0.1, -0.05) is 42.5 Å². The van der Waals surface area contributed by atoms with Crippen LogP contribution in [0, 0.1) is 10.1 Å². The molecule has 0 radical (unpaired) electrons. The zero-order chi connectivity index (χ0) is 19.5. The number of amides is 3. The molecule has 0 fully saturated rings. The number of nitro benzene ring substituents is 1. The lowest BCUT2D eigenvalue weighted by Gasteiger charge is -2.10. The van der Waals surface area contributed by atoms with E-state index in [2.05, 4.69) is 21.3 Å². The van der Waals surface area contributed by atoms with Crippen molar-refractivity contribution in [3.05, 3.63) is 70.3 Å². The Morgan fingerprint density at radius 2 is 1.59 bits per heavy atom. The zero-order valence-electron chi connectivity index (χ0n) is 14.6. The molecular weight excluding hydrogens is 350 g/mol. The number of nitrogens with zero attached hydrogens (tertiary/aromatic N) is 1. The van der Waals surface area contributed by atoms with Crippen LogP contribution in [0.3, 0.4) is 0 Å². The molecule has 0 bridgehead atoms. The first-order chi connectivity index (χ1) is 13.1. The summed E-state index contributed by atoms with van der Waals surface area (Å²) in [6.07, 6.45) is 0. The summed E-state index contributed by atoms with van der Waals surface area (Å²) in [5, 5.41) is 21.5. The van der Waals surface area contributed by atoms with Crippen LogP contribution in [-0.4, -0.2) is 36.5 Å². The molecule has 0 heterocycles. The molecule has 0 aliphatic carbocycles. The van der Waals surface area contributed by atoms with E-state index < -0.39 is 11.0 Å². The van der Waals surface area contributed by atoms with E-state index in [-0.39, 0.29) is 24.7 Å². The number of anilines is 1. The van der Waals surface area contributed by atoms with Crippen molar-refractivity contribution >= 4 is 23.3 Å². The van der Waals surface area contributed by atoms with E-state index in [1.165, 1.54) is 6.07 Å². The van der Waals surface area contributed by atoms with E-state index in [1.54, 1.807) is 18.2 Å². The van der Waals surface area contributed by atoms with Crippen molar-refractivity contribution in [3.8, 4) is 0 Å². The van der Waals surface area contributed by atoms with Crippen LogP contribution in [0.2, 0.25) is 0 Å². The predicted molar refractivity (Wildman–Crippen MR) is 101 cm³/mol. The maximum atomic E-state index is 11.7. The third-order valence-electron chi connectivity index (χ3n) is 3.57. The lowest BCUT2D eigenvalue weighted by molar-refractivity contribution is -0.384. The molecule has 0 aromatic heterocycles. The minimum atomic E-state index is -0.473. The Kier molecular flexibility index (Phi) is 7.58. The van der Waals surface area contributed by atoms with Crippen LogP contribution in [0.25, 0.3) is 0 Å². The fourth-order valence-electron chi connectivity index (χ4n) is 2.25. The van der Waals surface area contributed by atoms with Gasteiger partial charge in [-0.15, -0.1) is 0 Å². The van der Waals surface area contributed by atoms with Gasteiger partial charge in [-0.2, -0.15) is 0 Å². The Labute approximate surface area is 156 Å². The van der Waals surface area contributed by atoms with Gasteiger partial charge in [0.15, 0.2) is 0 Å². The lowest BCUT2D eigenvalue weighted by atomic mass is 10.2. The highest BCUT2D eigenvalue weighted by atomic mass is 16.6. The van der Waals surface area contributed by atoms with Crippen molar-refractivity contribution in [3.63, 3.8) is 0 Å². The normalized spacial score (nSPS) is 9.93. The maximum Gasteiger partial charge on any atom is 0.315 e. The van der Waals surface area contributed by atoms with Crippen LogP contribution in [0.15, 0.2) is 54.6 Å². The largest absolute Gasteiger partial charge is 0.378 e. The van der Waals surface area contributed by atoms with Crippen LogP contribution in [0.5, 0.6) is 0 Å². The van der Waals surface area contributed by atoms with E-state index in [1.807, 2.05) is 30.3 Å². The average molecular weight is 371 g/mol. The molecule has 2 aromatic rings. The standard InChI is InChI=1S/C18H21N5O4/c24-17(13-22-18(25)21-12-14-6-2-1-3-7-14)20-11-10-19-15-8-4-5-9-16(15)23(26)27/h1-9,19H,10-13H2,(H,20,24)(H2,21,22,25). The number of hydrogen-bond donors (Lipinski definition) is 4. The van der Waals surface area contributed by atoms with Gasteiger partial charge < -0.3 is 21.3 Å². The molecule has 9 nitrogen and oxygen atoms in total. The Balaban J connectivity index is 1.61. The number of carbonyl (C=O) groups is 2. The number of hydrogen-bond acceptors (Lipinski definition) is 5. The van der Waals surface area contributed by atoms with Crippen molar-refractivity contribution in [2.75, 3.05) is 25.0 Å². The van der Waals surface area contributed by atoms with Gasteiger partial charge in [-0.25, -0.2) is 4.79 Å². The number of benzene rings is 2. The van der Waals surface area contributed by atoms with Crippen LogP contribution < -0.4 is 21.3 Å². The number of para-hydroxylation sites is 2. The average Bonchev–Trinajstić information content (AvgIpc) is 2.69. The SMILES string of the molecule is O=C(CNC(=O)NCc1ccccc1)NCCNc1ccccc1[N+](=O)[O-]. The molecule has 0 aliphatic heterocycles. The monoisotopic (exact) mass is 371 g/mol. The van der Waals surface area contributed by atoms with E-state index in [4.69, 9.17) is 0 Å². The minimum Gasteiger partial charge on any atom is -0.378 e. The number of rotatable bonds is 9. The highest BCUT2D eigenvalue weighted by Gasteiger charge is 2.11. The van der Waals surface area contributed by atoms with Crippen molar-refractivity contribution < 1.29 is 14.5 Å². The van der Waals surface area contributed by atoms with Crippen molar-refractivity contribution in [1.82, 2.24) is 16.0 Å². The summed E-state index contributed by atoms with van der Waals surface area (Å²) < 4.78 is 0. The Morgan fingerprint density at radius 1 is 0.889 bits per heavy atom. The number of urea groups is 1. The molecule has 0 spiro atoms. The fraction of sp³-hybridized carbons (Fsp3) is 0.222. The number of carbonyl (C=O) groups excluding carboxylic acids is 2. The Bertz CT molecular complexity index is 782. The summed E-state index contributed by atoms with van der Waals surface area (Å²) in [6.45, 7) is 0.787. The summed E-state index contributed by atoms with van der Waals surface area (Å²) in [5.74, 6) is -0.353. The van der Waals surface area contributed by atoms with E-state index in [0.29, 0.717) is 18.8 Å². The predicted octanol–water partition coefficient (Wildman–Crippen LogP) is 1.62. The third-order valence-corrected chi connectivity index (χ3v) is 3.57. The van der Waals surface area contributed by atoms with Crippen LogP contribution in [-0.2, 0) is 11.3 Å². The van der Waals surface area contributed by atoms with Gasteiger partial charge in [0, 0.05) is 25.7 Å². The molecule has 0 atom stereocenters. The third kappa shape index (κ3) is 7.02. The molecule has 0 aliphatic rings. The molecule has 9 heteroatoms. The first-order valence-electron chi connectivity index (χ1n) is 8.36. The van der Waals surface area contributed by atoms with Gasteiger partial charge in [0.25, 0.3) is 5.69 Å². The number of nitro groups is 1. The van der Waals surface area contributed by atoms with E-state index in [0.717, 1.165) is 5.56 Å². The first-order valence-corrected chi connectivity index (χ1v) is 8.36. The second-order valence-corrected chi connectivity index (χ2v) is 5.57. The quantitative estimate of drug-likeness (QED) is 0.303. The second kappa shape index (κ2) is 10.4. The topological polar surface area (TPSA) is 125 Å². The van der Waals surface area contributed by atoms with E-state index in [9.17, 15) is 19.7 Å². The van der Waals surface area contributed by atoms with Gasteiger partial charge in [-0.3, -0.25) is 14.9 Å². The summed E-state index contributed by atoms with van der Waals surface area (Å²) in [7, 11) is 0. The fourth-order valence-corrected chi connectivity index (χ4v) is 2.25. The van der Waals surface area contributed by atoms with Gasteiger partial charge in [0.05, 0.1) is 11.5 Å². The number of nitrogens with one attached hydrogen (secondary N) is 4. The first kappa shape index (κ1) is 19.7. The molecule has 3 amide bonds. The van der Waals surface area contributed by atoms with E-state index >= 15 is 0 Å². The molecule has 0 saturated carbocycles. The molecule has 2 aromatic carbocycles. The highest BCUT2D eigenvalue weighted by molar-refractivity contribution is 5.83. The molecular formula is C18H21N5O4. The minimum absolute atomic E-state index is 0.0272. The highest BCUT2D eigenvalue weighted by Crippen LogP contribution is 2.22. The van der Waals surface area contributed by atoms with Gasteiger partial charge in [0.2, 0.25) is 5.91 Å². The molecule has 0 saturated heterocycles. The molecule has 27 heavy (non-hydrogen) atoms. The molecule has 4 N–H and O–H groups in total. The van der Waals surface area contributed by atoms with Gasteiger partial charge in [0.1, 0.15) is 5.69 Å². The van der Waals surface area contributed by atoms with Crippen LogP contribution in [0.1, 0.15) is 5.56 Å². The second-order valence-electron chi connectivity index (χ2n) is 5.57. The van der Waals surface area contributed by atoms with Crippen molar-refractivity contribution in [2.45, 2.75) is 6.54 Å². The molecule has 0 unspecified atom stereocenters.